The molecule has 1 aliphatic heterocycles. The maximum Gasteiger partial charge on any atom is 0.238 e. The molecule has 0 unspecified atom stereocenters. The molecule has 0 spiro atoms. The minimum absolute atomic E-state index is 0.0897. The number of imidazole rings is 1. The van der Waals surface area contributed by atoms with E-state index in [4.69, 9.17) is 10.1 Å². The predicted molar refractivity (Wildman–Crippen MR) is 130 cm³/mol. The zero-order valence-corrected chi connectivity index (χ0v) is 20.2. The van der Waals surface area contributed by atoms with Gasteiger partial charge in [-0.2, -0.15) is 5.10 Å². The van der Waals surface area contributed by atoms with Crippen molar-refractivity contribution in [1.82, 2.24) is 34.2 Å². The van der Waals surface area contributed by atoms with E-state index < -0.39 is 10.0 Å². The number of hydrogen-bond acceptors (Lipinski definition) is 8. The second kappa shape index (κ2) is 8.93. The summed E-state index contributed by atoms with van der Waals surface area (Å²) >= 11 is 0. The van der Waals surface area contributed by atoms with Crippen molar-refractivity contribution in [3.05, 3.63) is 36.5 Å². The number of anilines is 1. The lowest BCUT2D eigenvalue weighted by Gasteiger charge is -2.35. The Bertz CT molecular complexity index is 1440. The Morgan fingerprint density at radius 2 is 1.91 bits per heavy atom. The van der Waals surface area contributed by atoms with Crippen molar-refractivity contribution in [3.8, 4) is 0 Å². The number of aromatic nitrogens is 6. The summed E-state index contributed by atoms with van der Waals surface area (Å²) in [5, 5.41) is 10.6. The van der Waals surface area contributed by atoms with E-state index in [0.717, 1.165) is 73.8 Å². The summed E-state index contributed by atoms with van der Waals surface area (Å²) in [6.07, 6.45) is 5.51. The van der Waals surface area contributed by atoms with Gasteiger partial charge in [0.15, 0.2) is 5.65 Å². The van der Waals surface area contributed by atoms with Crippen molar-refractivity contribution in [2.24, 2.45) is 12.2 Å². The van der Waals surface area contributed by atoms with Gasteiger partial charge in [-0.25, -0.2) is 28.5 Å². The molecule has 5 rings (SSSR count). The van der Waals surface area contributed by atoms with Gasteiger partial charge >= 0.3 is 0 Å². The van der Waals surface area contributed by atoms with Gasteiger partial charge in [0.2, 0.25) is 10.0 Å². The van der Waals surface area contributed by atoms with E-state index in [0.29, 0.717) is 12.1 Å². The average Bonchev–Trinajstić information content (AvgIpc) is 3.37. The van der Waals surface area contributed by atoms with E-state index in [2.05, 4.69) is 36.4 Å². The maximum absolute atomic E-state index is 11.8. The Hall–Kier alpha value is -3.09. The molecule has 12 heteroatoms. The molecule has 11 nitrogen and oxygen atoms in total. The van der Waals surface area contributed by atoms with Crippen LogP contribution in [0.3, 0.4) is 0 Å². The fraction of sp³-hybridized carbons (Fsp3) is 0.455. The van der Waals surface area contributed by atoms with Crippen molar-refractivity contribution >= 4 is 37.9 Å². The molecule has 34 heavy (non-hydrogen) atoms. The van der Waals surface area contributed by atoms with Gasteiger partial charge < -0.3 is 9.47 Å². The highest BCUT2D eigenvalue weighted by Crippen LogP contribution is 2.25. The first-order valence-corrected chi connectivity index (χ1v) is 13.0. The highest BCUT2D eigenvalue weighted by Gasteiger charge is 2.23. The van der Waals surface area contributed by atoms with Crippen LogP contribution in [0.5, 0.6) is 0 Å². The number of nitrogens with two attached hydrogens (primary N) is 1. The molecular weight excluding hydrogens is 454 g/mol. The van der Waals surface area contributed by atoms with Crippen LogP contribution in [0.25, 0.3) is 22.1 Å². The van der Waals surface area contributed by atoms with Gasteiger partial charge in [0.05, 0.1) is 34.1 Å². The maximum atomic E-state index is 11.8. The quantitative estimate of drug-likeness (QED) is 0.419. The SMILES string of the molecule is CCCCn1c(CN2CCN(c3ncnc4c3cnn4C)CC2)nc2cc(S(N)(=O)=O)ccc21. The summed E-state index contributed by atoms with van der Waals surface area (Å²) < 4.78 is 27.6. The lowest BCUT2D eigenvalue weighted by molar-refractivity contribution is 0.240. The van der Waals surface area contributed by atoms with Crippen LogP contribution in [0, 0.1) is 0 Å². The molecule has 1 fully saturated rings. The summed E-state index contributed by atoms with van der Waals surface area (Å²) in [7, 11) is -1.89. The summed E-state index contributed by atoms with van der Waals surface area (Å²) in [6.45, 7) is 7.11. The lowest BCUT2D eigenvalue weighted by atomic mass is 10.2. The van der Waals surface area contributed by atoms with Crippen LogP contribution in [0.15, 0.2) is 35.6 Å². The molecule has 1 aliphatic rings. The van der Waals surface area contributed by atoms with Gasteiger partial charge in [-0.1, -0.05) is 13.3 Å². The van der Waals surface area contributed by atoms with E-state index in [9.17, 15) is 8.42 Å². The number of sulfonamides is 1. The van der Waals surface area contributed by atoms with Gasteiger partial charge in [-0.15, -0.1) is 0 Å². The van der Waals surface area contributed by atoms with Crippen LogP contribution in [-0.2, 0) is 30.2 Å². The third kappa shape index (κ3) is 4.24. The Morgan fingerprint density at radius 1 is 1.12 bits per heavy atom. The number of rotatable bonds is 7. The Morgan fingerprint density at radius 3 is 2.65 bits per heavy atom. The number of piperazine rings is 1. The molecule has 2 N–H and O–H groups in total. The smallest absolute Gasteiger partial charge is 0.238 e. The second-order valence-electron chi connectivity index (χ2n) is 8.69. The van der Waals surface area contributed by atoms with Crippen LogP contribution in [0.1, 0.15) is 25.6 Å². The highest BCUT2D eigenvalue weighted by atomic mass is 32.2. The first-order chi connectivity index (χ1) is 16.3. The third-order valence-electron chi connectivity index (χ3n) is 6.41. The van der Waals surface area contributed by atoms with Crippen molar-refractivity contribution in [3.63, 3.8) is 0 Å². The number of hydrogen-bond donors (Lipinski definition) is 1. The van der Waals surface area contributed by atoms with Gasteiger partial charge in [-0.3, -0.25) is 9.58 Å². The predicted octanol–water partition coefficient (Wildman–Crippen LogP) is 1.48. The molecular formula is C22H29N9O2S. The normalized spacial score (nSPS) is 15.6. The Kier molecular flexibility index (Phi) is 5.96. The second-order valence-corrected chi connectivity index (χ2v) is 10.3. The molecule has 0 radical (unpaired) electrons. The number of unbranched alkanes of at least 4 members (excludes halogenated alkanes) is 1. The number of nitrogens with zero attached hydrogens (tertiary/aromatic N) is 8. The van der Waals surface area contributed by atoms with Gasteiger partial charge in [0.1, 0.15) is 18.0 Å². The summed E-state index contributed by atoms with van der Waals surface area (Å²) in [5.74, 6) is 1.86. The fourth-order valence-corrected chi connectivity index (χ4v) is 5.08. The number of aryl methyl sites for hydroxylation is 2. The average molecular weight is 484 g/mol. The summed E-state index contributed by atoms with van der Waals surface area (Å²) in [4.78, 5) is 18.4. The van der Waals surface area contributed by atoms with E-state index in [1.807, 2.05) is 19.3 Å². The van der Waals surface area contributed by atoms with Crippen molar-refractivity contribution in [2.45, 2.75) is 37.8 Å². The van der Waals surface area contributed by atoms with Crippen LogP contribution in [-0.4, -0.2) is 68.8 Å². The first kappa shape index (κ1) is 22.7. The first-order valence-electron chi connectivity index (χ1n) is 11.5. The molecule has 4 heterocycles. The van der Waals surface area contributed by atoms with Gasteiger partial charge in [0.25, 0.3) is 0 Å². The molecule has 4 aromatic rings. The Balaban J connectivity index is 1.36. The Labute approximate surface area is 198 Å². The number of fused-ring (bicyclic) bond motifs is 2. The minimum atomic E-state index is -3.77. The monoisotopic (exact) mass is 483 g/mol. The highest BCUT2D eigenvalue weighted by molar-refractivity contribution is 7.89. The molecule has 1 saturated heterocycles. The lowest BCUT2D eigenvalue weighted by Crippen LogP contribution is -2.46. The standard InChI is InChI=1S/C22H29N9O2S/c1-3-4-7-31-19-6-5-16(34(23,32)33)12-18(19)27-20(31)14-29-8-10-30(11-9-29)22-17-13-26-28(2)21(17)24-15-25-22/h5-6,12-13,15H,3-4,7-11,14H2,1-2H3,(H2,23,32,33). The zero-order valence-electron chi connectivity index (χ0n) is 19.4. The third-order valence-corrected chi connectivity index (χ3v) is 7.32. The number of primary sulfonamides is 1. The van der Waals surface area contributed by atoms with Crippen LogP contribution in [0.2, 0.25) is 0 Å². The minimum Gasteiger partial charge on any atom is -0.353 e. The van der Waals surface area contributed by atoms with Crippen LogP contribution in [0.4, 0.5) is 5.82 Å². The van der Waals surface area contributed by atoms with Gasteiger partial charge in [-0.05, 0) is 24.6 Å². The largest absolute Gasteiger partial charge is 0.353 e. The van der Waals surface area contributed by atoms with Crippen LogP contribution >= 0.6 is 0 Å². The van der Waals surface area contributed by atoms with E-state index in [1.54, 1.807) is 23.1 Å². The van der Waals surface area contributed by atoms with Crippen molar-refractivity contribution in [1.29, 1.82) is 0 Å². The molecule has 0 saturated carbocycles. The molecule has 0 bridgehead atoms. The fourth-order valence-electron chi connectivity index (χ4n) is 4.54. The zero-order chi connectivity index (χ0) is 23.9. The molecule has 3 aromatic heterocycles. The number of benzene rings is 1. The van der Waals surface area contributed by atoms with Gasteiger partial charge in [0, 0.05) is 39.8 Å². The molecule has 180 valence electrons. The summed E-state index contributed by atoms with van der Waals surface area (Å²) in [5.41, 5.74) is 2.43. The molecule has 0 aliphatic carbocycles. The van der Waals surface area contributed by atoms with E-state index in [1.165, 1.54) is 0 Å². The van der Waals surface area contributed by atoms with Crippen LogP contribution < -0.4 is 10.0 Å². The molecule has 0 amide bonds. The van der Waals surface area contributed by atoms with E-state index >= 15 is 0 Å². The van der Waals surface area contributed by atoms with E-state index in [-0.39, 0.29) is 4.90 Å². The van der Waals surface area contributed by atoms with Crippen molar-refractivity contribution in [2.75, 3.05) is 31.1 Å². The van der Waals surface area contributed by atoms with Crippen molar-refractivity contribution < 1.29 is 8.42 Å². The molecule has 1 aromatic carbocycles. The summed E-state index contributed by atoms with van der Waals surface area (Å²) in [6, 6.07) is 4.95. The topological polar surface area (TPSA) is 128 Å². The molecule has 0 atom stereocenters.